The average molecular weight is 312 g/mol. The molecule has 3 heterocycles. The highest BCUT2D eigenvalue weighted by molar-refractivity contribution is 7.91. The Morgan fingerprint density at radius 2 is 2.05 bits per heavy atom. The third-order valence-electron chi connectivity index (χ3n) is 3.85. The van der Waals surface area contributed by atoms with E-state index in [-0.39, 0.29) is 22.7 Å². The van der Waals surface area contributed by atoms with E-state index >= 15 is 0 Å². The quantitative estimate of drug-likeness (QED) is 0.813. The molecule has 2 N–H and O–H groups in total. The number of imidazole rings is 1. The summed E-state index contributed by atoms with van der Waals surface area (Å²) in [5.41, 5.74) is -0.763. The number of fused-ring (bicyclic) bond motifs is 1. The molecule has 1 aliphatic heterocycles. The van der Waals surface area contributed by atoms with Gasteiger partial charge in [-0.25, -0.2) is 18.2 Å². The van der Waals surface area contributed by atoms with Crippen LogP contribution in [0.25, 0.3) is 11.2 Å². The van der Waals surface area contributed by atoms with Crippen molar-refractivity contribution in [3.63, 3.8) is 0 Å². The molecule has 1 saturated heterocycles. The fraction of sp³-hybridized carbons (Fsp3) is 0.583. The summed E-state index contributed by atoms with van der Waals surface area (Å²) in [6.07, 6.45) is 1.94. The lowest BCUT2D eigenvalue weighted by molar-refractivity contribution is 0.540. The van der Waals surface area contributed by atoms with E-state index in [1.165, 1.54) is 4.57 Å². The zero-order valence-corrected chi connectivity index (χ0v) is 12.4. The van der Waals surface area contributed by atoms with E-state index < -0.39 is 26.3 Å². The van der Waals surface area contributed by atoms with Crippen LogP contribution in [0.1, 0.15) is 37.3 Å². The Bertz CT molecular complexity index is 905. The Labute approximate surface area is 120 Å². The van der Waals surface area contributed by atoms with Crippen molar-refractivity contribution in [2.45, 2.75) is 38.0 Å². The second-order valence-corrected chi connectivity index (χ2v) is 7.48. The summed E-state index contributed by atoms with van der Waals surface area (Å²) in [6.45, 7) is 2.10. The number of aryl methyl sites for hydroxylation is 1. The monoisotopic (exact) mass is 312 g/mol. The number of aromatic nitrogens is 4. The van der Waals surface area contributed by atoms with Crippen molar-refractivity contribution in [3.05, 3.63) is 26.7 Å². The molecule has 0 bridgehead atoms. The molecule has 1 aliphatic rings. The Morgan fingerprint density at radius 1 is 1.29 bits per heavy atom. The van der Waals surface area contributed by atoms with E-state index in [1.54, 1.807) is 6.92 Å². The summed E-state index contributed by atoms with van der Waals surface area (Å²) in [6, 6.07) is 0. The Kier molecular flexibility index (Phi) is 3.23. The molecule has 0 radical (unpaired) electrons. The van der Waals surface area contributed by atoms with Gasteiger partial charge in [-0.3, -0.25) is 14.3 Å². The fourth-order valence-corrected chi connectivity index (χ4v) is 4.63. The number of nitrogens with zero attached hydrogens (tertiary/aromatic N) is 2. The zero-order valence-electron chi connectivity index (χ0n) is 11.5. The first kappa shape index (κ1) is 14.1. The van der Waals surface area contributed by atoms with Crippen LogP contribution in [0.4, 0.5) is 0 Å². The lowest BCUT2D eigenvalue weighted by atomic mass is 10.2. The topological polar surface area (TPSA) is 118 Å². The van der Waals surface area contributed by atoms with Gasteiger partial charge in [-0.05, 0) is 19.8 Å². The van der Waals surface area contributed by atoms with Crippen LogP contribution in [0.15, 0.2) is 9.59 Å². The highest BCUT2D eigenvalue weighted by Gasteiger charge is 2.33. The first-order valence-corrected chi connectivity index (χ1v) is 8.60. The minimum absolute atomic E-state index is 0.131. The third kappa shape index (κ3) is 2.21. The van der Waals surface area contributed by atoms with Crippen LogP contribution < -0.4 is 11.2 Å². The smallest absolute Gasteiger partial charge is 0.330 e. The molecule has 1 atom stereocenters. The minimum Gasteiger partial charge on any atom is -0.335 e. The molecule has 9 heteroatoms. The maximum Gasteiger partial charge on any atom is 0.330 e. The highest BCUT2D eigenvalue weighted by atomic mass is 32.2. The summed E-state index contributed by atoms with van der Waals surface area (Å²) >= 11 is 0. The van der Waals surface area contributed by atoms with Crippen molar-refractivity contribution in [1.29, 1.82) is 0 Å². The van der Waals surface area contributed by atoms with E-state index in [2.05, 4.69) is 15.0 Å². The lowest BCUT2D eigenvalue weighted by Crippen LogP contribution is -2.29. The summed E-state index contributed by atoms with van der Waals surface area (Å²) < 4.78 is 25.6. The number of aromatic amines is 2. The van der Waals surface area contributed by atoms with E-state index in [0.29, 0.717) is 19.4 Å². The number of H-pyrrole nitrogens is 2. The highest BCUT2D eigenvalue weighted by Crippen LogP contribution is 2.32. The number of sulfone groups is 1. The summed E-state index contributed by atoms with van der Waals surface area (Å²) in [4.78, 5) is 32.8. The molecule has 21 heavy (non-hydrogen) atoms. The van der Waals surface area contributed by atoms with Crippen LogP contribution in [-0.4, -0.2) is 33.7 Å². The van der Waals surface area contributed by atoms with Crippen LogP contribution in [0.5, 0.6) is 0 Å². The minimum atomic E-state index is -3.26. The Hall–Kier alpha value is -1.90. The van der Waals surface area contributed by atoms with E-state index in [4.69, 9.17) is 0 Å². The van der Waals surface area contributed by atoms with Gasteiger partial charge in [0.05, 0.1) is 5.75 Å². The van der Waals surface area contributed by atoms with Gasteiger partial charge in [0.1, 0.15) is 16.6 Å². The van der Waals surface area contributed by atoms with Gasteiger partial charge in [0.15, 0.2) is 15.5 Å². The molecule has 8 nitrogen and oxygen atoms in total. The molecule has 0 amide bonds. The standard InChI is InChI=1S/C12H16N4O4S/c1-2-16-10-8(11(17)15-12(16)18)13-9(14-10)7-5-3-4-6-21(7,19)20/h7H,2-6H2,1H3,(H,13,14)(H,15,17,18). The van der Waals surface area contributed by atoms with Crippen LogP contribution >= 0.6 is 0 Å². The van der Waals surface area contributed by atoms with Crippen LogP contribution in [0.2, 0.25) is 0 Å². The summed E-state index contributed by atoms with van der Waals surface area (Å²) in [7, 11) is -3.26. The van der Waals surface area contributed by atoms with Crippen LogP contribution in [0, 0.1) is 0 Å². The molecule has 1 fully saturated rings. The second kappa shape index (κ2) is 4.83. The molecular formula is C12H16N4O4S. The largest absolute Gasteiger partial charge is 0.335 e. The van der Waals surface area contributed by atoms with Gasteiger partial charge in [-0.15, -0.1) is 0 Å². The molecule has 0 saturated carbocycles. The molecule has 0 spiro atoms. The van der Waals surface area contributed by atoms with E-state index in [9.17, 15) is 18.0 Å². The fourth-order valence-electron chi connectivity index (χ4n) is 2.77. The van der Waals surface area contributed by atoms with Gasteiger partial charge in [-0.1, -0.05) is 6.42 Å². The van der Waals surface area contributed by atoms with Crippen molar-refractivity contribution in [1.82, 2.24) is 19.5 Å². The maximum absolute atomic E-state index is 12.2. The SMILES string of the molecule is CCn1c(=O)[nH]c(=O)c2[nH]c(C3CCCCS3(=O)=O)nc21. The summed E-state index contributed by atoms with van der Waals surface area (Å²) in [5.74, 6) is 0.383. The van der Waals surface area contributed by atoms with Crippen molar-refractivity contribution >= 4 is 21.0 Å². The third-order valence-corrected chi connectivity index (χ3v) is 6.03. The van der Waals surface area contributed by atoms with Gasteiger partial charge >= 0.3 is 5.69 Å². The molecule has 2 aromatic heterocycles. The first-order valence-electron chi connectivity index (χ1n) is 6.88. The predicted octanol–water partition coefficient (Wildman–Crippen LogP) is 0.0726. The van der Waals surface area contributed by atoms with Crippen LogP contribution in [0.3, 0.4) is 0 Å². The second-order valence-electron chi connectivity index (χ2n) is 5.18. The van der Waals surface area contributed by atoms with Gasteiger partial charge in [-0.2, -0.15) is 0 Å². The molecule has 0 aliphatic carbocycles. The lowest BCUT2D eigenvalue weighted by Gasteiger charge is -2.19. The van der Waals surface area contributed by atoms with Crippen molar-refractivity contribution < 1.29 is 8.42 Å². The zero-order chi connectivity index (χ0) is 15.2. The first-order chi connectivity index (χ1) is 9.94. The Balaban J connectivity index is 2.24. The average Bonchev–Trinajstić information content (AvgIpc) is 2.83. The molecule has 114 valence electrons. The van der Waals surface area contributed by atoms with Gasteiger partial charge in [0.2, 0.25) is 0 Å². The van der Waals surface area contributed by atoms with Gasteiger partial charge < -0.3 is 4.98 Å². The molecule has 1 unspecified atom stereocenters. The number of nitrogens with one attached hydrogen (secondary N) is 2. The van der Waals surface area contributed by atoms with Gasteiger partial charge in [0, 0.05) is 6.54 Å². The van der Waals surface area contributed by atoms with Crippen molar-refractivity contribution in [2.24, 2.45) is 0 Å². The molecule has 3 rings (SSSR count). The van der Waals surface area contributed by atoms with Gasteiger partial charge in [0.25, 0.3) is 5.56 Å². The molecular weight excluding hydrogens is 296 g/mol. The van der Waals surface area contributed by atoms with Crippen molar-refractivity contribution in [2.75, 3.05) is 5.75 Å². The normalized spacial score (nSPS) is 21.7. The van der Waals surface area contributed by atoms with Crippen molar-refractivity contribution in [3.8, 4) is 0 Å². The predicted molar refractivity (Wildman–Crippen MR) is 77.0 cm³/mol. The van der Waals surface area contributed by atoms with E-state index in [0.717, 1.165) is 6.42 Å². The van der Waals surface area contributed by atoms with Crippen LogP contribution in [-0.2, 0) is 16.4 Å². The molecule has 0 aromatic carbocycles. The Morgan fingerprint density at radius 3 is 2.71 bits per heavy atom. The maximum atomic E-state index is 12.2. The number of hydrogen-bond donors (Lipinski definition) is 2. The number of rotatable bonds is 2. The number of hydrogen-bond acceptors (Lipinski definition) is 5. The summed E-state index contributed by atoms with van der Waals surface area (Å²) in [5, 5.41) is -0.724. The molecule has 2 aromatic rings. The van der Waals surface area contributed by atoms with E-state index in [1.807, 2.05) is 0 Å².